The molecule has 2 aliphatic rings. The number of nitrogens with two attached hydrogens (primary N) is 1. The number of hydrogen-bond acceptors (Lipinski definition) is 4. The van der Waals surface area contributed by atoms with Crippen LogP contribution in [-0.4, -0.2) is 36.6 Å². The van der Waals surface area contributed by atoms with Crippen LogP contribution in [0.1, 0.15) is 36.8 Å². The van der Waals surface area contributed by atoms with Crippen molar-refractivity contribution in [3.63, 3.8) is 0 Å². The quantitative estimate of drug-likeness (QED) is 0.830. The first-order valence-corrected chi connectivity index (χ1v) is 6.08. The maximum absolute atomic E-state index is 5.78. The molecule has 0 radical (unpaired) electrons. The Kier molecular flexibility index (Phi) is 2.30. The van der Waals surface area contributed by atoms with E-state index in [-0.39, 0.29) is 5.41 Å². The predicted molar refractivity (Wildman–Crippen MR) is 61.3 cm³/mol. The van der Waals surface area contributed by atoms with Gasteiger partial charge < -0.3 is 15.1 Å². The van der Waals surface area contributed by atoms with Gasteiger partial charge in [-0.2, -0.15) is 0 Å². The molecule has 1 aromatic heterocycles. The molecule has 0 spiro atoms. The van der Waals surface area contributed by atoms with E-state index in [1.165, 1.54) is 6.42 Å². The minimum Gasteiger partial charge on any atom is -0.448 e. The van der Waals surface area contributed by atoms with Gasteiger partial charge in [0.25, 0.3) is 0 Å². The van der Waals surface area contributed by atoms with E-state index in [0.717, 1.165) is 37.5 Å². The Morgan fingerprint density at radius 3 is 3.00 bits per heavy atom. The maximum Gasteiger partial charge on any atom is 0.201 e. The average Bonchev–Trinajstić information content (AvgIpc) is 2.74. The Balaban J connectivity index is 1.78. The van der Waals surface area contributed by atoms with Gasteiger partial charge in [0.05, 0.1) is 11.1 Å². The minimum absolute atomic E-state index is 0.0861. The van der Waals surface area contributed by atoms with Crippen LogP contribution in [0, 0.1) is 0 Å². The van der Waals surface area contributed by atoms with Gasteiger partial charge in [0.1, 0.15) is 6.26 Å². The molecule has 0 bridgehead atoms. The summed E-state index contributed by atoms with van der Waals surface area (Å²) in [4.78, 5) is 7.00. The Bertz CT molecular complexity index is 383. The van der Waals surface area contributed by atoms with Crippen LogP contribution in [0.2, 0.25) is 0 Å². The highest BCUT2D eigenvalue weighted by atomic mass is 16.3. The molecule has 88 valence electrons. The van der Waals surface area contributed by atoms with Crippen molar-refractivity contribution in [2.45, 2.75) is 30.6 Å². The molecule has 2 N–H and O–H groups in total. The lowest BCUT2D eigenvalue weighted by atomic mass is 10.1. The number of oxazole rings is 1. The zero-order valence-corrected chi connectivity index (χ0v) is 9.78. The van der Waals surface area contributed by atoms with E-state index in [0.29, 0.717) is 12.5 Å². The number of nitrogens with zero attached hydrogens (tertiary/aromatic N) is 2. The van der Waals surface area contributed by atoms with Gasteiger partial charge in [-0.05, 0) is 32.9 Å². The molecule has 0 amide bonds. The molecule has 4 nitrogen and oxygen atoms in total. The van der Waals surface area contributed by atoms with Gasteiger partial charge in [0, 0.05) is 19.0 Å². The fourth-order valence-electron chi connectivity index (χ4n) is 2.55. The third-order valence-corrected chi connectivity index (χ3v) is 4.03. The summed E-state index contributed by atoms with van der Waals surface area (Å²) in [5.41, 5.74) is 6.99. The van der Waals surface area contributed by atoms with Crippen LogP contribution in [-0.2, 0) is 5.41 Å². The highest BCUT2D eigenvalue weighted by Gasteiger charge is 2.47. The summed E-state index contributed by atoms with van der Waals surface area (Å²) in [6.45, 7) is 2.92. The van der Waals surface area contributed by atoms with E-state index in [1.807, 2.05) is 6.26 Å². The summed E-state index contributed by atoms with van der Waals surface area (Å²) in [6.07, 6.45) is 5.30. The first-order chi connectivity index (χ1) is 7.73. The average molecular weight is 221 g/mol. The van der Waals surface area contributed by atoms with E-state index in [9.17, 15) is 0 Å². The van der Waals surface area contributed by atoms with Gasteiger partial charge in [0.15, 0.2) is 0 Å². The van der Waals surface area contributed by atoms with Crippen LogP contribution in [0.3, 0.4) is 0 Å². The number of rotatable bonds is 3. The standard InChI is InChI=1S/C12H19N3O/c1-15-5-2-9(6-15)10-7-16-11(14-10)12(8-13)3-4-12/h7,9H,2-6,8,13H2,1H3. The molecule has 1 unspecified atom stereocenters. The molecular formula is C12H19N3O. The van der Waals surface area contributed by atoms with Crippen molar-refractivity contribution in [3.8, 4) is 0 Å². The van der Waals surface area contributed by atoms with E-state index in [1.54, 1.807) is 0 Å². The van der Waals surface area contributed by atoms with Gasteiger partial charge in [-0.15, -0.1) is 0 Å². The van der Waals surface area contributed by atoms with E-state index >= 15 is 0 Å². The molecule has 2 fully saturated rings. The first-order valence-electron chi connectivity index (χ1n) is 6.08. The first kappa shape index (κ1) is 10.3. The molecule has 1 aliphatic carbocycles. The van der Waals surface area contributed by atoms with Gasteiger partial charge in [-0.3, -0.25) is 0 Å². The van der Waals surface area contributed by atoms with Gasteiger partial charge >= 0.3 is 0 Å². The van der Waals surface area contributed by atoms with Crippen LogP contribution in [0.5, 0.6) is 0 Å². The monoisotopic (exact) mass is 221 g/mol. The predicted octanol–water partition coefficient (Wildman–Crippen LogP) is 1.08. The van der Waals surface area contributed by atoms with Crippen molar-refractivity contribution in [3.05, 3.63) is 17.8 Å². The topological polar surface area (TPSA) is 55.3 Å². The fraction of sp³-hybridized carbons (Fsp3) is 0.750. The summed E-state index contributed by atoms with van der Waals surface area (Å²) in [7, 11) is 2.16. The number of aromatic nitrogens is 1. The molecule has 2 heterocycles. The van der Waals surface area contributed by atoms with Crippen molar-refractivity contribution >= 4 is 0 Å². The Morgan fingerprint density at radius 1 is 1.62 bits per heavy atom. The molecule has 3 rings (SSSR count). The Labute approximate surface area is 95.8 Å². The van der Waals surface area contributed by atoms with E-state index in [2.05, 4.69) is 16.9 Å². The highest BCUT2D eigenvalue weighted by molar-refractivity contribution is 5.19. The summed E-state index contributed by atoms with van der Waals surface area (Å²) in [6, 6.07) is 0. The molecule has 1 aliphatic heterocycles. The third kappa shape index (κ3) is 1.57. The lowest BCUT2D eigenvalue weighted by Gasteiger charge is -2.07. The van der Waals surface area contributed by atoms with E-state index < -0.39 is 0 Å². The Morgan fingerprint density at radius 2 is 2.44 bits per heavy atom. The van der Waals surface area contributed by atoms with Crippen molar-refractivity contribution in [1.29, 1.82) is 0 Å². The largest absolute Gasteiger partial charge is 0.448 e. The number of likely N-dealkylation sites (N-methyl/N-ethyl adjacent to an activating group) is 1. The smallest absolute Gasteiger partial charge is 0.201 e. The summed E-state index contributed by atoms with van der Waals surface area (Å²) < 4.78 is 5.62. The van der Waals surface area contributed by atoms with Crippen molar-refractivity contribution in [2.75, 3.05) is 26.7 Å². The second kappa shape index (κ2) is 3.57. The van der Waals surface area contributed by atoms with Crippen LogP contribution < -0.4 is 5.73 Å². The van der Waals surface area contributed by atoms with Crippen LogP contribution >= 0.6 is 0 Å². The molecule has 16 heavy (non-hydrogen) atoms. The number of hydrogen-bond donors (Lipinski definition) is 1. The maximum atomic E-state index is 5.78. The van der Waals surface area contributed by atoms with E-state index in [4.69, 9.17) is 10.2 Å². The SMILES string of the molecule is CN1CCC(c2coc(C3(CN)CC3)n2)C1. The van der Waals surface area contributed by atoms with Crippen LogP contribution in [0.4, 0.5) is 0 Å². The zero-order valence-electron chi connectivity index (χ0n) is 9.78. The van der Waals surface area contributed by atoms with Crippen LogP contribution in [0.25, 0.3) is 0 Å². The second-order valence-electron chi connectivity index (χ2n) is 5.31. The minimum atomic E-state index is 0.0861. The van der Waals surface area contributed by atoms with Crippen molar-refractivity contribution in [2.24, 2.45) is 5.73 Å². The fourth-order valence-corrected chi connectivity index (χ4v) is 2.55. The van der Waals surface area contributed by atoms with Crippen molar-refractivity contribution < 1.29 is 4.42 Å². The van der Waals surface area contributed by atoms with Gasteiger partial charge in [0.2, 0.25) is 5.89 Å². The molecule has 1 atom stereocenters. The number of likely N-dealkylation sites (tertiary alicyclic amines) is 1. The molecule has 1 saturated heterocycles. The third-order valence-electron chi connectivity index (χ3n) is 4.03. The van der Waals surface area contributed by atoms with Crippen molar-refractivity contribution in [1.82, 2.24) is 9.88 Å². The lowest BCUT2D eigenvalue weighted by molar-refractivity contribution is 0.410. The molecule has 4 heteroatoms. The molecular weight excluding hydrogens is 202 g/mol. The summed E-state index contributed by atoms with van der Waals surface area (Å²) in [5, 5.41) is 0. The highest BCUT2D eigenvalue weighted by Crippen LogP contribution is 2.47. The zero-order chi connectivity index (χ0) is 11.2. The summed E-state index contributed by atoms with van der Waals surface area (Å²) >= 11 is 0. The van der Waals surface area contributed by atoms with Gasteiger partial charge in [-0.25, -0.2) is 4.98 Å². The molecule has 0 aromatic carbocycles. The molecule has 1 saturated carbocycles. The Hall–Kier alpha value is -0.870. The second-order valence-corrected chi connectivity index (χ2v) is 5.31. The normalized spacial score (nSPS) is 28.5. The lowest BCUT2D eigenvalue weighted by Crippen LogP contribution is -2.20. The van der Waals surface area contributed by atoms with Gasteiger partial charge in [-0.1, -0.05) is 0 Å². The van der Waals surface area contributed by atoms with Crippen LogP contribution in [0.15, 0.2) is 10.7 Å². The summed E-state index contributed by atoms with van der Waals surface area (Å²) in [5.74, 6) is 1.43. The molecule has 1 aromatic rings.